The summed E-state index contributed by atoms with van der Waals surface area (Å²) >= 11 is 5.82. The molecule has 0 saturated carbocycles. The van der Waals surface area contributed by atoms with E-state index in [0.29, 0.717) is 17.1 Å². The Bertz CT molecular complexity index is 314. The van der Waals surface area contributed by atoms with Crippen LogP contribution in [-0.4, -0.2) is 16.1 Å². The first-order chi connectivity index (χ1) is 6.16. The zero-order chi connectivity index (χ0) is 9.84. The molecule has 0 aliphatic carbocycles. The van der Waals surface area contributed by atoms with E-state index in [4.69, 9.17) is 16.7 Å². The van der Waals surface area contributed by atoms with E-state index in [1.165, 1.54) is 0 Å². The largest absolute Gasteiger partial charge is 0.481 e. The first kappa shape index (κ1) is 9.99. The Morgan fingerprint density at radius 2 is 2.46 bits per heavy atom. The van der Waals surface area contributed by atoms with Gasteiger partial charge in [0.1, 0.15) is 5.92 Å². The molecule has 0 aromatic carbocycles. The van der Waals surface area contributed by atoms with E-state index in [9.17, 15) is 4.79 Å². The van der Waals surface area contributed by atoms with Crippen molar-refractivity contribution < 1.29 is 9.90 Å². The van der Waals surface area contributed by atoms with E-state index < -0.39 is 11.9 Å². The Balaban J connectivity index is 3.04. The molecule has 1 atom stereocenters. The summed E-state index contributed by atoms with van der Waals surface area (Å²) in [4.78, 5) is 14.7. The summed E-state index contributed by atoms with van der Waals surface area (Å²) in [5, 5.41) is 9.27. The highest BCUT2D eigenvalue weighted by molar-refractivity contribution is 6.31. The van der Waals surface area contributed by atoms with Crippen molar-refractivity contribution in [1.29, 1.82) is 0 Å². The highest BCUT2D eigenvalue weighted by Gasteiger charge is 2.21. The summed E-state index contributed by atoms with van der Waals surface area (Å²) in [7, 11) is 0. The topological polar surface area (TPSA) is 50.2 Å². The van der Waals surface area contributed by atoms with Gasteiger partial charge in [-0.15, -0.1) is 0 Å². The summed E-state index contributed by atoms with van der Waals surface area (Å²) in [6, 6.07) is 3.33. The predicted molar refractivity (Wildman–Crippen MR) is 49.9 cm³/mol. The smallest absolute Gasteiger partial charge is 0.312 e. The summed E-state index contributed by atoms with van der Waals surface area (Å²) in [6.07, 6.45) is 2.04. The molecule has 1 rings (SSSR count). The molecule has 1 N–H and O–H groups in total. The fraction of sp³-hybridized carbons (Fsp3) is 0.333. The second kappa shape index (κ2) is 4.23. The van der Waals surface area contributed by atoms with Crippen LogP contribution in [0, 0.1) is 0 Å². The van der Waals surface area contributed by atoms with Crippen molar-refractivity contribution in [3.05, 3.63) is 29.0 Å². The molecule has 0 fully saturated rings. The van der Waals surface area contributed by atoms with E-state index in [-0.39, 0.29) is 0 Å². The van der Waals surface area contributed by atoms with Crippen LogP contribution < -0.4 is 0 Å². The molecule has 3 nitrogen and oxygen atoms in total. The summed E-state index contributed by atoms with van der Waals surface area (Å²) in [5.74, 6) is -1.49. The van der Waals surface area contributed by atoms with Crippen molar-refractivity contribution in [1.82, 2.24) is 4.98 Å². The van der Waals surface area contributed by atoms with Crippen LogP contribution in [0.4, 0.5) is 0 Å². The summed E-state index contributed by atoms with van der Waals surface area (Å²) in [5.41, 5.74) is 0.444. The summed E-state index contributed by atoms with van der Waals surface area (Å²) in [6.45, 7) is 1.80. The number of carboxylic acids is 1. The number of carboxylic acid groups (broad SMARTS) is 1. The molecule has 0 amide bonds. The molecule has 0 bridgehead atoms. The number of pyridine rings is 1. The number of aromatic nitrogens is 1. The Morgan fingerprint density at radius 3 is 2.92 bits per heavy atom. The quantitative estimate of drug-likeness (QED) is 0.813. The van der Waals surface area contributed by atoms with Crippen LogP contribution in [0.3, 0.4) is 0 Å². The maximum Gasteiger partial charge on any atom is 0.312 e. The molecule has 0 aliphatic heterocycles. The lowest BCUT2D eigenvalue weighted by Gasteiger charge is -2.09. The lowest BCUT2D eigenvalue weighted by atomic mass is 10.0. The minimum Gasteiger partial charge on any atom is -0.481 e. The van der Waals surface area contributed by atoms with Crippen molar-refractivity contribution in [3.63, 3.8) is 0 Å². The van der Waals surface area contributed by atoms with Crippen molar-refractivity contribution in [2.45, 2.75) is 19.3 Å². The lowest BCUT2D eigenvalue weighted by molar-refractivity contribution is -0.138. The number of nitrogens with zero attached hydrogens (tertiary/aromatic N) is 1. The molecule has 0 radical (unpaired) electrons. The Hall–Kier alpha value is -1.09. The lowest BCUT2D eigenvalue weighted by Crippen LogP contribution is -2.12. The molecular formula is C9H10ClNO2. The first-order valence-electron chi connectivity index (χ1n) is 4.00. The van der Waals surface area contributed by atoms with Gasteiger partial charge in [0.25, 0.3) is 0 Å². The second-order valence-electron chi connectivity index (χ2n) is 2.67. The van der Waals surface area contributed by atoms with Crippen LogP contribution in [0.25, 0.3) is 0 Å². The Labute approximate surface area is 81.4 Å². The van der Waals surface area contributed by atoms with Crippen molar-refractivity contribution in [3.8, 4) is 0 Å². The fourth-order valence-corrected chi connectivity index (χ4v) is 1.39. The van der Waals surface area contributed by atoms with Crippen molar-refractivity contribution in [2.24, 2.45) is 0 Å². The molecule has 0 spiro atoms. The second-order valence-corrected chi connectivity index (χ2v) is 3.08. The van der Waals surface area contributed by atoms with Gasteiger partial charge in [-0.3, -0.25) is 9.78 Å². The maximum atomic E-state index is 10.8. The Morgan fingerprint density at radius 1 is 1.77 bits per heavy atom. The van der Waals surface area contributed by atoms with Crippen LogP contribution in [0.2, 0.25) is 5.02 Å². The average Bonchev–Trinajstić information content (AvgIpc) is 2.09. The number of carbonyl (C=O) groups is 1. The zero-order valence-electron chi connectivity index (χ0n) is 7.20. The van der Waals surface area contributed by atoms with E-state index in [1.807, 2.05) is 0 Å². The number of hydrogen-bond acceptors (Lipinski definition) is 2. The molecular weight excluding hydrogens is 190 g/mol. The Kier molecular flexibility index (Phi) is 3.25. The van der Waals surface area contributed by atoms with Crippen LogP contribution >= 0.6 is 11.6 Å². The number of rotatable bonds is 3. The molecule has 13 heavy (non-hydrogen) atoms. The van der Waals surface area contributed by atoms with E-state index in [1.54, 1.807) is 25.3 Å². The molecule has 1 aromatic heterocycles. The highest BCUT2D eigenvalue weighted by Crippen LogP contribution is 2.24. The molecule has 0 saturated heterocycles. The number of halogens is 1. The van der Waals surface area contributed by atoms with Crippen LogP contribution in [0.5, 0.6) is 0 Å². The molecule has 0 aliphatic rings. The SMILES string of the molecule is CCC(C(=O)O)c1ncccc1Cl. The van der Waals surface area contributed by atoms with Gasteiger partial charge in [-0.2, -0.15) is 0 Å². The normalized spacial score (nSPS) is 12.5. The minimum atomic E-state index is -0.886. The van der Waals surface area contributed by atoms with Gasteiger partial charge in [0.2, 0.25) is 0 Å². The van der Waals surface area contributed by atoms with Gasteiger partial charge in [-0.1, -0.05) is 18.5 Å². The van der Waals surface area contributed by atoms with Gasteiger partial charge >= 0.3 is 5.97 Å². The van der Waals surface area contributed by atoms with Crippen LogP contribution in [0.15, 0.2) is 18.3 Å². The van der Waals surface area contributed by atoms with Gasteiger partial charge in [0, 0.05) is 6.20 Å². The highest BCUT2D eigenvalue weighted by atomic mass is 35.5. The van der Waals surface area contributed by atoms with Gasteiger partial charge in [-0.25, -0.2) is 0 Å². The fourth-order valence-electron chi connectivity index (χ4n) is 1.14. The average molecular weight is 200 g/mol. The summed E-state index contributed by atoms with van der Waals surface area (Å²) < 4.78 is 0. The molecule has 70 valence electrons. The van der Waals surface area contributed by atoms with Gasteiger partial charge in [0.05, 0.1) is 10.7 Å². The number of hydrogen-bond donors (Lipinski definition) is 1. The molecule has 1 heterocycles. The van der Waals surface area contributed by atoms with Crippen LogP contribution in [0.1, 0.15) is 25.0 Å². The maximum absolute atomic E-state index is 10.8. The first-order valence-corrected chi connectivity index (χ1v) is 4.37. The predicted octanol–water partition coefficient (Wildman–Crippen LogP) is 2.31. The molecule has 4 heteroatoms. The van der Waals surface area contributed by atoms with Gasteiger partial charge < -0.3 is 5.11 Å². The molecule has 1 unspecified atom stereocenters. The molecule has 1 aromatic rings. The van der Waals surface area contributed by atoms with Crippen molar-refractivity contribution in [2.75, 3.05) is 0 Å². The standard InChI is InChI=1S/C9H10ClNO2/c1-2-6(9(12)13)8-7(10)4-3-5-11-8/h3-6H,2H2,1H3,(H,12,13). The number of aliphatic carboxylic acids is 1. The van der Waals surface area contributed by atoms with Crippen molar-refractivity contribution >= 4 is 17.6 Å². The van der Waals surface area contributed by atoms with E-state index in [2.05, 4.69) is 4.98 Å². The van der Waals surface area contributed by atoms with Crippen LogP contribution in [-0.2, 0) is 4.79 Å². The van der Waals surface area contributed by atoms with E-state index in [0.717, 1.165) is 0 Å². The minimum absolute atomic E-state index is 0.414. The van der Waals surface area contributed by atoms with Gasteiger partial charge in [0.15, 0.2) is 0 Å². The third-order valence-electron chi connectivity index (χ3n) is 1.82. The van der Waals surface area contributed by atoms with E-state index >= 15 is 0 Å². The monoisotopic (exact) mass is 199 g/mol. The third-order valence-corrected chi connectivity index (χ3v) is 2.14. The third kappa shape index (κ3) is 2.18. The van der Waals surface area contributed by atoms with Gasteiger partial charge in [-0.05, 0) is 18.6 Å². The zero-order valence-corrected chi connectivity index (χ0v) is 7.95.